The number of carbonyl (C=O) groups excluding carboxylic acids is 1. The van der Waals surface area contributed by atoms with E-state index in [-0.39, 0.29) is 17.9 Å². The van der Waals surface area contributed by atoms with Gasteiger partial charge < -0.3 is 4.74 Å². The van der Waals surface area contributed by atoms with Crippen LogP contribution in [0.3, 0.4) is 0 Å². The first kappa shape index (κ1) is 20.6. The number of rotatable bonds is 6. The van der Waals surface area contributed by atoms with E-state index < -0.39 is 21.1 Å². The van der Waals surface area contributed by atoms with E-state index in [1.54, 1.807) is 37.3 Å². The van der Waals surface area contributed by atoms with E-state index in [2.05, 4.69) is 4.90 Å². The molecule has 1 saturated heterocycles. The first-order valence-electron chi connectivity index (χ1n) is 9.55. The first-order chi connectivity index (χ1) is 13.4. The standard InChI is InChI=1S/C22H27NO4S/c1-16(18-10-6-4-7-11-18)23-15-14-20(21(23)22(24)27-3)17(2)28(25,26)19-12-8-5-9-13-19/h4-13,16-17,20-21H,14-15H2,1-3H3/t16-,17?,20-,21-/m0/s1. The molecule has 1 aliphatic rings. The number of sulfone groups is 1. The van der Waals surface area contributed by atoms with Crippen molar-refractivity contribution in [2.45, 2.75) is 42.5 Å². The maximum absolute atomic E-state index is 13.2. The second-order valence-corrected chi connectivity index (χ2v) is 9.61. The van der Waals surface area contributed by atoms with Gasteiger partial charge in [-0.1, -0.05) is 48.5 Å². The molecule has 4 atom stereocenters. The third kappa shape index (κ3) is 3.84. The fourth-order valence-corrected chi connectivity index (χ4v) is 5.89. The summed E-state index contributed by atoms with van der Waals surface area (Å²) in [6.07, 6.45) is 0.629. The van der Waals surface area contributed by atoms with Gasteiger partial charge in [-0.05, 0) is 44.5 Å². The number of benzene rings is 2. The molecule has 1 unspecified atom stereocenters. The van der Waals surface area contributed by atoms with Crippen LogP contribution in [0.2, 0.25) is 0 Å². The topological polar surface area (TPSA) is 63.7 Å². The summed E-state index contributed by atoms with van der Waals surface area (Å²) in [5.41, 5.74) is 1.09. The molecule has 0 aliphatic carbocycles. The molecule has 1 fully saturated rings. The van der Waals surface area contributed by atoms with Crippen molar-refractivity contribution in [1.82, 2.24) is 4.90 Å². The molecular formula is C22H27NO4S. The highest BCUT2D eigenvalue weighted by atomic mass is 32.2. The Bertz CT molecular complexity index is 899. The van der Waals surface area contributed by atoms with Crippen LogP contribution >= 0.6 is 0 Å². The van der Waals surface area contributed by atoms with Gasteiger partial charge >= 0.3 is 5.97 Å². The normalized spacial score (nSPS) is 22.5. The van der Waals surface area contributed by atoms with Crippen LogP contribution in [0.4, 0.5) is 0 Å². The Labute approximate surface area is 167 Å². The summed E-state index contributed by atoms with van der Waals surface area (Å²) in [6.45, 7) is 4.40. The Morgan fingerprint density at radius 1 is 1.04 bits per heavy atom. The van der Waals surface area contributed by atoms with Crippen molar-refractivity contribution in [2.75, 3.05) is 13.7 Å². The summed E-state index contributed by atoms with van der Waals surface area (Å²) in [4.78, 5) is 15.0. The van der Waals surface area contributed by atoms with Gasteiger partial charge in [-0.15, -0.1) is 0 Å². The maximum atomic E-state index is 13.2. The van der Waals surface area contributed by atoms with Gasteiger partial charge in [0, 0.05) is 12.0 Å². The summed E-state index contributed by atoms with van der Waals surface area (Å²) in [5.74, 6) is -0.704. The van der Waals surface area contributed by atoms with Gasteiger partial charge in [0.2, 0.25) is 0 Å². The number of nitrogens with zero attached hydrogens (tertiary/aromatic N) is 1. The predicted molar refractivity (Wildman–Crippen MR) is 109 cm³/mol. The molecule has 0 spiro atoms. The molecule has 150 valence electrons. The average molecular weight is 402 g/mol. The number of methoxy groups -OCH3 is 1. The van der Waals surface area contributed by atoms with E-state index in [1.807, 2.05) is 37.3 Å². The Morgan fingerprint density at radius 2 is 1.61 bits per heavy atom. The van der Waals surface area contributed by atoms with Crippen molar-refractivity contribution in [3.63, 3.8) is 0 Å². The summed E-state index contributed by atoms with van der Waals surface area (Å²) in [7, 11) is -2.18. The highest BCUT2D eigenvalue weighted by molar-refractivity contribution is 7.92. The molecule has 0 bridgehead atoms. The quantitative estimate of drug-likeness (QED) is 0.694. The monoisotopic (exact) mass is 401 g/mol. The minimum absolute atomic E-state index is 0.0121. The molecule has 28 heavy (non-hydrogen) atoms. The lowest BCUT2D eigenvalue weighted by Gasteiger charge is -2.33. The van der Waals surface area contributed by atoms with Crippen molar-refractivity contribution in [1.29, 1.82) is 0 Å². The largest absolute Gasteiger partial charge is 0.468 e. The number of hydrogen-bond donors (Lipinski definition) is 0. The molecule has 5 nitrogen and oxygen atoms in total. The second-order valence-electron chi connectivity index (χ2n) is 7.31. The molecule has 0 aromatic heterocycles. The minimum Gasteiger partial charge on any atom is -0.468 e. The van der Waals surface area contributed by atoms with Gasteiger partial charge in [-0.25, -0.2) is 8.42 Å². The SMILES string of the molecule is COC(=O)[C@@H]1[C@H](C(C)S(=O)(=O)c2ccccc2)CCN1[C@@H](C)c1ccccc1. The molecule has 2 aromatic rings. The van der Waals surface area contributed by atoms with Gasteiger partial charge in [0.15, 0.2) is 9.84 Å². The Morgan fingerprint density at radius 3 is 2.18 bits per heavy atom. The van der Waals surface area contributed by atoms with Crippen molar-refractivity contribution >= 4 is 15.8 Å². The van der Waals surface area contributed by atoms with Crippen LogP contribution in [0.25, 0.3) is 0 Å². The Hall–Kier alpha value is -2.18. The summed E-state index contributed by atoms with van der Waals surface area (Å²) in [6, 6.07) is 17.8. The number of carbonyl (C=O) groups is 1. The van der Waals surface area contributed by atoms with Gasteiger partial charge in [0.1, 0.15) is 6.04 Å². The lowest BCUT2D eigenvalue weighted by atomic mass is 9.96. The van der Waals surface area contributed by atoms with Crippen molar-refractivity contribution in [2.24, 2.45) is 5.92 Å². The van der Waals surface area contributed by atoms with Crippen LogP contribution in [-0.4, -0.2) is 44.2 Å². The van der Waals surface area contributed by atoms with Gasteiger partial charge in [-0.2, -0.15) is 0 Å². The molecule has 3 rings (SSSR count). The summed E-state index contributed by atoms with van der Waals surface area (Å²) >= 11 is 0. The number of hydrogen-bond acceptors (Lipinski definition) is 5. The van der Waals surface area contributed by atoms with Gasteiger partial charge in [0.05, 0.1) is 17.3 Å². The van der Waals surface area contributed by atoms with Gasteiger partial charge in [-0.3, -0.25) is 9.69 Å². The second kappa shape index (κ2) is 8.45. The predicted octanol–water partition coefficient (Wildman–Crippen LogP) is 3.47. The number of likely N-dealkylation sites (tertiary alicyclic amines) is 1. The lowest BCUT2D eigenvalue weighted by Crippen LogP contribution is -2.45. The highest BCUT2D eigenvalue weighted by Crippen LogP contribution is 2.38. The van der Waals surface area contributed by atoms with E-state index in [1.165, 1.54) is 7.11 Å². The molecular weight excluding hydrogens is 374 g/mol. The summed E-state index contributed by atoms with van der Waals surface area (Å²) < 4.78 is 31.4. The third-order valence-corrected chi connectivity index (χ3v) is 8.13. The third-order valence-electron chi connectivity index (χ3n) is 5.87. The van der Waals surface area contributed by atoms with Crippen LogP contribution in [0, 0.1) is 5.92 Å². The molecule has 1 heterocycles. The Balaban J connectivity index is 1.92. The molecule has 1 aliphatic heterocycles. The van der Waals surface area contributed by atoms with Crippen LogP contribution in [0.15, 0.2) is 65.6 Å². The van der Waals surface area contributed by atoms with E-state index in [0.717, 1.165) is 5.56 Å². The van der Waals surface area contributed by atoms with E-state index in [4.69, 9.17) is 4.74 Å². The Kier molecular flexibility index (Phi) is 6.20. The molecule has 0 N–H and O–H groups in total. The van der Waals surface area contributed by atoms with E-state index in [0.29, 0.717) is 17.9 Å². The smallest absolute Gasteiger partial charge is 0.323 e. The fourth-order valence-electron chi connectivity index (χ4n) is 4.18. The van der Waals surface area contributed by atoms with Crippen LogP contribution in [0.1, 0.15) is 31.9 Å². The first-order valence-corrected chi connectivity index (χ1v) is 11.1. The molecule has 2 aromatic carbocycles. The number of esters is 1. The van der Waals surface area contributed by atoms with Crippen molar-refractivity contribution in [3.8, 4) is 0 Å². The zero-order chi connectivity index (χ0) is 20.3. The molecule has 6 heteroatoms. The molecule has 0 saturated carbocycles. The molecule has 0 radical (unpaired) electrons. The van der Waals surface area contributed by atoms with Crippen molar-refractivity contribution in [3.05, 3.63) is 66.2 Å². The summed E-state index contributed by atoms with van der Waals surface area (Å²) in [5, 5.41) is -0.688. The van der Waals surface area contributed by atoms with Crippen LogP contribution in [0.5, 0.6) is 0 Å². The van der Waals surface area contributed by atoms with Crippen LogP contribution < -0.4 is 0 Å². The van der Waals surface area contributed by atoms with E-state index >= 15 is 0 Å². The zero-order valence-electron chi connectivity index (χ0n) is 16.5. The van der Waals surface area contributed by atoms with Gasteiger partial charge in [0.25, 0.3) is 0 Å². The zero-order valence-corrected chi connectivity index (χ0v) is 17.3. The lowest BCUT2D eigenvalue weighted by molar-refractivity contribution is -0.148. The van der Waals surface area contributed by atoms with Crippen molar-refractivity contribution < 1.29 is 17.9 Å². The van der Waals surface area contributed by atoms with Crippen LogP contribution in [-0.2, 0) is 19.4 Å². The average Bonchev–Trinajstić information content (AvgIpc) is 3.18. The fraction of sp³-hybridized carbons (Fsp3) is 0.409. The minimum atomic E-state index is -3.55. The van der Waals surface area contributed by atoms with E-state index in [9.17, 15) is 13.2 Å². The molecule has 0 amide bonds. The highest BCUT2D eigenvalue weighted by Gasteiger charge is 2.48. The number of ether oxygens (including phenoxy) is 1. The maximum Gasteiger partial charge on any atom is 0.323 e.